The number of nitro groups is 1. The molecule has 1 atom stereocenters. The summed E-state index contributed by atoms with van der Waals surface area (Å²) in [7, 11) is 0. The third kappa shape index (κ3) is 5.56. The molecule has 8 heteroatoms. The largest absolute Gasteiger partial charge is 0.449 e. The molecule has 2 rings (SSSR count). The number of carbonyl (C=O) groups excluding carboxylic acids is 2. The van der Waals surface area contributed by atoms with Gasteiger partial charge in [0.05, 0.1) is 4.92 Å². The van der Waals surface area contributed by atoms with E-state index in [1.165, 1.54) is 31.4 Å². The molecule has 0 saturated carbocycles. The maximum atomic E-state index is 12.2. The first-order valence-corrected chi connectivity index (χ1v) is 8.87. The van der Waals surface area contributed by atoms with Gasteiger partial charge in [-0.15, -0.1) is 0 Å². The smallest absolute Gasteiger partial charge is 0.345 e. The van der Waals surface area contributed by atoms with E-state index in [0.717, 1.165) is 31.4 Å². The molecule has 0 radical (unpaired) electrons. The Morgan fingerprint density at radius 3 is 2.81 bits per heavy atom. The number of rotatable bonds is 7. The van der Waals surface area contributed by atoms with E-state index in [2.05, 4.69) is 11.4 Å². The lowest BCUT2D eigenvalue weighted by molar-refractivity contribution is -0.385. The van der Waals surface area contributed by atoms with Gasteiger partial charge in [0, 0.05) is 17.6 Å². The van der Waals surface area contributed by atoms with Crippen LogP contribution >= 0.6 is 11.6 Å². The van der Waals surface area contributed by atoms with Crippen LogP contribution in [0, 0.1) is 10.1 Å². The summed E-state index contributed by atoms with van der Waals surface area (Å²) < 4.78 is 5.06. The van der Waals surface area contributed by atoms with Gasteiger partial charge < -0.3 is 10.1 Å². The zero-order valence-corrected chi connectivity index (χ0v) is 15.3. The van der Waals surface area contributed by atoms with Gasteiger partial charge in [-0.05, 0) is 51.2 Å². The fourth-order valence-corrected chi connectivity index (χ4v) is 2.90. The molecule has 26 heavy (non-hydrogen) atoms. The van der Waals surface area contributed by atoms with E-state index in [0.29, 0.717) is 6.54 Å². The molecule has 1 aliphatic carbocycles. The lowest BCUT2D eigenvalue weighted by Crippen LogP contribution is -2.36. The fraction of sp³-hybridized carbons (Fsp3) is 0.444. The van der Waals surface area contributed by atoms with Crippen molar-refractivity contribution in [3.8, 4) is 0 Å². The molecule has 7 nitrogen and oxygen atoms in total. The molecule has 1 aromatic carbocycles. The highest BCUT2D eigenvalue weighted by molar-refractivity contribution is 6.31. The third-order valence-corrected chi connectivity index (χ3v) is 4.39. The van der Waals surface area contributed by atoms with E-state index >= 15 is 0 Å². The number of esters is 1. The molecule has 0 aromatic heterocycles. The standard InChI is InChI=1S/C18H21ClN2O5/c1-12(17(22)20-10-9-13-5-3-2-4-6-13)26-18(23)15-11-14(19)7-8-16(15)21(24)25/h5,7-8,11-12H,2-4,6,9-10H2,1H3,(H,20,22)/t12-/m1/s1. The van der Waals surface area contributed by atoms with E-state index in [1.807, 2.05) is 0 Å². The maximum absolute atomic E-state index is 12.2. The Labute approximate surface area is 156 Å². The van der Waals surface area contributed by atoms with Gasteiger partial charge in [0.2, 0.25) is 0 Å². The summed E-state index contributed by atoms with van der Waals surface area (Å²) in [6.07, 6.45) is 6.42. The predicted molar refractivity (Wildman–Crippen MR) is 97.2 cm³/mol. The molecule has 0 aliphatic heterocycles. The molecule has 0 bridgehead atoms. The second-order valence-electron chi connectivity index (χ2n) is 6.12. The van der Waals surface area contributed by atoms with Gasteiger partial charge in [0.1, 0.15) is 5.56 Å². The van der Waals surface area contributed by atoms with Crippen molar-refractivity contribution in [1.29, 1.82) is 0 Å². The highest BCUT2D eigenvalue weighted by Crippen LogP contribution is 2.24. The minimum atomic E-state index is -1.07. The SMILES string of the molecule is C[C@@H](OC(=O)c1cc(Cl)ccc1[N+](=O)[O-])C(=O)NCCC1=CCCCC1. The number of nitrogens with one attached hydrogen (secondary N) is 1. The topological polar surface area (TPSA) is 98.5 Å². The second-order valence-corrected chi connectivity index (χ2v) is 6.55. The first-order valence-electron chi connectivity index (χ1n) is 8.49. The summed E-state index contributed by atoms with van der Waals surface area (Å²) in [5.41, 5.74) is 0.626. The zero-order chi connectivity index (χ0) is 19.1. The molecule has 0 unspecified atom stereocenters. The fourth-order valence-electron chi connectivity index (χ4n) is 2.73. The summed E-state index contributed by atoms with van der Waals surface area (Å²) in [6, 6.07) is 3.59. The monoisotopic (exact) mass is 380 g/mol. The van der Waals surface area contributed by atoms with E-state index < -0.39 is 28.6 Å². The number of halogens is 1. The number of hydrogen-bond donors (Lipinski definition) is 1. The normalized spacial score (nSPS) is 14.9. The van der Waals surface area contributed by atoms with Gasteiger partial charge in [-0.3, -0.25) is 14.9 Å². The summed E-state index contributed by atoms with van der Waals surface area (Å²) in [4.78, 5) is 34.6. The molecule has 140 valence electrons. The number of benzene rings is 1. The minimum absolute atomic E-state index is 0.167. The van der Waals surface area contributed by atoms with Crippen molar-refractivity contribution in [3.63, 3.8) is 0 Å². The van der Waals surface area contributed by atoms with Crippen molar-refractivity contribution < 1.29 is 19.2 Å². The van der Waals surface area contributed by atoms with E-state index in [1.54, 1.807) is 0 Å². The van der Waals surface area contributed by atoms with Crippen molar-refractivity contribution in [3.05, 3.63) is 50.5 Å². The maximum Gasteiger partial charge on any atom is 0.345 e. The number of hydrogen-bond acceptors (Lipinski definition) is 5. The first kappa shape index (κ1) is 19.9. The molecule has 0 heterocycles. The summed E-state index contributed by atoms with van der Waals surface area (Å²) in [5, 5.41) is 13.9. The zero-order valence-electron chi connectivity index (χ0n) is 14.5. The highest BCUT2D eigenvalue weighted by Gasteiger charge is 2.25. The van der Waals surface area contributed by atoms with Crippen molar-refractivity contribution >= 4 is 29.2 Å². The number of nitro benzene ring substituents is 1. The molecule has 1 N–H and O–H groups in total. The number of allylic oxidation sites excluding steroid dienone is 1. The predicted octanol–water partition coefficient (Wildman–Crippen LogP) is 3.80. The molecule has 0 saturated heterocycles. The van der Waals surface area contributed by atoms with Crippen molar-refractivity contribution in [2.45, 2.75) is 45.1 Å². The molecular weight excluding hydrogens is 360 g/mol. The number of ether oxygens (including phenoxy) is 1. The van der Waals surface area contributed by atoms with Gasteiger partial charge >= 0.3 is 5.97 Å². The van der Waals surface area contributed by atoms with Crippen LogP contribution in [0.2, 0.25) is 5.02 Å². The van der Waals surface area contributed by atoms with Crippen LogP contribution in [0.25, 0.3) is 0 Å². The van der Waals surface area contributed by atoms with Gasteiger partial charge in [0.25, 0.3) is 11.6 Å². The Balaban J connectivity index is 1.90. The van der Waals surface area contributed by atoms with Crippen LogP contribution in [-0.2, 0) is 9.53 Å². The minimum Gasteiger partial charge on any atom is -0.449 e. The van der Waals surface area contributed by atoms with Gasteiger partial charge in [0.15, 0.2) is 6.10 Å². The average Bonchev–Trinajstić information content (AvgIpc) is 2.62. The van der Waals surface area contributed by atoms with Crippen LogP contribution in [0.3, 0.4) is 0 Å². The van der Waals surface area contributed by atoms with E-state index in [4.69, 9.17) is 16.3 Å². The highest BCUT2D eigenvalue weighted by atomic mass is 35.5. The molecule has 1 aromatic rings. The van der Waals surface area contributed by atoms with Crippen molar-refractivity contribution in [2.75, 3.05) is 6.54 Å². The quantitative estimate of drug-likeness (QED) is 0.335. The summed E-state index contributed by atoms with van der Waals surface area (Å²) in [5.74, 6) is -1.41. The first-order chi connectivity index (χ1) is 12.4. The van der Waals surface area contributed by atoms with Crippen molar-refractivity contribution in [2.24, 2.45) is 0 Å². The Bertz CT molecular complexity index is 732. The molecule has 0 spiro atoms. The van der Waals surface area contributed by atoms with Crippen LogP contribution in [0.15, 0.2) is 29.8 Å². The Morgan fingerprint density at radius 1 is 1.38 bits per heavy atom. The van der Waals surface area contributed by atoms with E-state index in [-0.39, 0.29) is 10.6 Å². The summed E-state index contributed by atoms with van der Waals surface area (Å²) >= 11 is 5.79. The van der Waals surface area contributed by atoms with Crippen LogP contribution in [0.4, 0.5) is 5.69 Å². The molecular formula is C18H21ClN2O5. The molecule has 1 aliphatic rings. The number of carbonyl (C=O) groups is 2. The molecule has 1 amide bonds. The lowest BCUT2D eigenvalue weighted by Gasteiger charge is -2.15. The third-order valence-electron chi connectivity index (χ3n) is 4.16. The number of nitrogens with zero attached hydrogens (tertiary/aromatic N) is 1. The summed E-state index contributed by atoms with van der Waals surface area (Å²) in [6.45, 7) is 1.88. The Hall–Kier alpha value is -2.41. The average molecular weight is 381 g/mol. The van der Waals surface area contributed by atoms with Crippen LogP contribution in [0.1, 0.15) is 49.4 Å². The van der Waals surface area contributed by atoms with Gasteiger partial charge in [-0.2, -0.15) is 0 Å². The lowest BCUT2D eigenvalue weighted by atomic mass is 9.97. The van der Waals surface area contributed by atoms with Crippen molar-refractivity contribution in [1.82, 2.24) is 5.32 Å². The molecule has 0 fully saturated rings. The Morgan fingerprint density at radius 2 is 2.15 bits per heavy atom. The van der Waals surface area contributed by atoms with Gasteiger partial charge in [-0.25, -0.2) is 4.79 Å². The Kier molecular flexibility index (Phi) is 7.15. The second kappa shape index (κ2) is 9.33. The van der Waals surface area contributed by atoms with Gasteiger partial charge in [-0.1, -0.05) is 23.3 Å². The number of amides is 1. The van der Waals surface area contributed by atoms with Crippen LogP contribution in [0.5, 0.6) is 0 Å². The van der Waals surface area contributed by atoms with Crippen LogP contribution in [-0.4, -0.2) is 29.4 Å². The van der Waals surface area contributed by atoms with E-state index in [9.17, 15) is 19.7 Å². The van der Waals surface area contributed by atoms with Crippen LogP contribution < -0.4 is 5.32 Å².